The van der Waals surface area contributed by atoms with Crippen molar-refractivity contribution < 1.29 is 29.2 Å². The van der Waals surface area contributed by atoms with Crippen LogP contribution in [0.2, 0.25) is 0 Å². The number of ether oxygens (including phenoxy) is 4. The summed E-state index contributed by atoms with van der Waals surface area (Å²) in [6.45, 7) is 0.180. The van der Waals surface area contributed by atoms with Crippen LogP contribution >= 0.6 is 0 Å². The summed E-state index contributed by atoms with van der Waals surface area (Å²) in [6, 6.07) is 21.7. The van der Waals surface area contributed by atoms with E-state index >= 15 is 0 Å². The van der Waals surface area contributed by atoms with E-state index in [-0.39, 0.29) is 26.4 Å². The Morgan fingerprint density at radius 2 is 0.750 bits per heavy atom. The summed E-state index contributed by atoms with van der Waals surface area (Å²) in [6.07, 6.45) is 0. The lowest BCUT2D eigenvalue weighted by molar-refractivity contribution is 0.196. The molecule has 146 valence electrons. The Kier molecular flexibility index (Phi) is 7.12. The minimum atomic E-state index is -0.0847. The van der Waals surface area contributed by atoms with E-state index in [0.717, 1.165) is 0 Å². The molecule has 3 aromatic carbocycles. The first kappa shape index (κ1) is 19.5. The van der Waals surface area contributed by atoms with Crippen molar-refractivity contribution in [1.29, 1.82) is 0 Å². The summed E-state index contributed by atoms with van der Waals surface area (Å²) in [5.74, 6) is 3.07. The summed E-state index contributed by atoms with van der Waals surface area (Å²) >= 11 is 0. The summed E-state index contributed by atoms with van der Waals surface area (Å²) < 4.78 is 23.1. The molecule has 0 spiro atoms. The van der Waals surface area contributed by atoms with Crippen LogP contribution in [0.5, 0.6) is 34.5 Å². The van der Waals surface area contributed by atoms with Crippen LogP contribution in [0.3, 0.4) is 0 Å². The average Bonchev–Trinajstić information content (AvgIpc) is 2.74. The minimum Gasteiger partial charge on any atom is -0.487 e. The van der Waals surface area contributed by atoms with Crippen molar-refractivity contribution in [3.05, 3.63) is 72.8 Å². The minimum absolute atomic E-state index is 0.0847. The quantitative estimate of drug-likeness (QED) is 0.552. The lowest BCUT2D eigenvalue weighted by Crippen LogP contribution is -2.03. The largest absolute Gasteiger partial charge is 0.487 e. The topological polar surface area (TPSA) is 77.4 Å². The zero-order chi connectivity index (χ0) is 19.6. The maximum atomic E-state index is 8.99. The molecule has 0 atom stereocenters. The molecule has 0 aromatic heterocycles. The predicted octanol–water partition coefficient (Wildman–Crippen LogP) is 4.01. The van der Waals surface area contributed by atoms with Gasteiger partial charge in [-0.05, 0) is 36.4 Å². The third-order valence-electron chi connectivity index (χ3n) is 3.69. The van der Waals surface area contributed by atoms with Gasteiger partial charge in [0.25, 0.3) is 0 Å². The standard InChI is InChI=1S/C22H22O6/c23-13-15-25-17-7-1-3-9-19(17)27-21-11-5-6-12-22(21)28-20-10-4-2-8-18(20)26-16-14-24/h1-12,23-24H,13-16H2. The van der Waals surface area contributed by atoms with E-state index in [1.165, 1.54) is 0 Å². The van der Waals surface area contributed by atoms with Gasteiger partial charge >= 0.3 is 0 Å². The van der Waals surface area contributed by atoms with Crippen LogP contribution in [0.15, 0.2) is 72.8 Å². The first-order valence-corrected chi connectivity index (χ1v) is 8.92. The van der Waals surface area contributed by atoms with E-state index in [0.29, 0.717) is 34.5 Å². The highest BCUT2D eigenvalue weighted by Gasteiger charge is 2.13. The Morgan fingerprint density at radius 3 is 1.07 bits per heavy atom. The van der Waals surface area contributed by atoms with E-state index in [1.54, 1.807) is 36.4 Å². The highest BCUT2D eigenvalue weighted by Crippen LogP contribution is 2.40. The number of aliphatic hydroxyl groups excluding tert-OH is 2. The lowest BCUT2D eigenvalue weighted by Gasteiger charge is -2.16. The molecular weight excluding hydrogens is 360 g/mol. The Morgan fingerprint density at radius 1 is 0.464 bits per heavy atom. The molecule has 0 unspecified atom stereocenters. The number of para-hydroxylation sites is 6. The molecule has 0 bridgehead atoms. The van der Waals surface area contributed by atoms with Gasteiger partial charge in [0.1, 0.15) is 13.2 Å². The molecular formula is C22H22O6. The SMILES string of the molecule is OCCOc1ccccc1Oc1ccccc1Oc1ccccc1OCCO. The second-order valence-electron chi connectivity index (χ2n) is 5.69. The van der Waals surface area contributed by atoms with Crippen molar-refractivity contribution >= 4 is 0 Å². The van der Waals surface area contributed by atoms with Crippen molar-refractivity contribution in [2.24, 2.45) is 0 Å². The van der Waals surface area contributed by atoms with Gasteiger partial charge in [-0.3, -0.25) is 0 Å². The van der Waals surface area contributed by atoms with Gasteiger partial charge in [-0.25, -0.2) is 0 Å². The van der Waals surface area contributed by atoms with Crippen LogP contribution in [0.4, 0.5) is 0 Å². The van der Waals surface area contributed by atoms with Gasteiger partial charge in [-0.2, -0.15) is 0 Å². The van der Waals surface area contributed by atoms with Crippen molar-refractivity contribution in [2.75, 3.05) is 26.4 Å². The van der Waals surface area contributed by atoms with Gasteiger partial charge in [-0.15, -0.1) is 0 Å². The molecule has 0 saturated carbocycles. The van der Waals surface area contributed by atoms with E-state index in [4.69, 9.17) is 29.2 Å². The van der Waals surface area contributed by atoms with E-state index in [1.807, 2.05) is 36.4 Å². The van der Waals surface area contributed by atoms with Crippen LogP contribution < -0.4 is 18.9 Å². The first-order valence-electron chi connectivity index (χ1n) is 8.92. The molecule has 3 rings (SSSR count). The maximum absolute atomic E-state index is 8.99. The monoisotopic (exact) mass is 382 g/mol. The summed E-state index contributed by atoms with van der Waals surface area (Å²) in [5.41, 5.74) is 0. The Balaban J connectivity index is 1.84. The molecule has 0 aliphatic heterocycles. The maximum Gasteiger partial charge on any atom is 0.170 e. The molecule has 0 saturated heterocycles. The molecule has 2 N–H and O–H groups in total. The third kappa shape index (κ3) is 5.16. The van der Waals surface area contributed by atoms with Crippen molar-refractivity contribution in [3.63, 3.8) is 0 Å². The molecule has 6 nitrogen and oxygen atoms in total. The highest BCUT2D eigenvalue weighted by molar-refractivity contribution is 5.50. The number of benzene rings is 3. The molecule has 0 heterocycles. The van der Waals surface area contributed by atoms with Gasteiger partial charge in [0.15, 0.2) is 34.5 Å². The van der Waals surface area contributed by atoms with Gasteiger partial charge in [0.2, 0.25) is 0 Å². The van der Waals surface area contributed by atoms with Crippen LogP contribution in [0.25, 0.3) is 0 Å². The van der Waals surface area contributed by atoms with Crippen LogP contribution in [0, 0.1) is 0 Å². The van der Waals surface area contributed by atoms with Crippen molar-refractivity contribution in [1.82, 2.24) is 0 Å². The fourth-order valence-electron chi connectivity index (χ4n) is 2.47. The molecule has 28 heavy (non-hydrogen) atoms. The second-order valence-corrected chi connectivity index (χ2v) is 5.69. The van der Waals surface area contributed by atoms with Crippen molar-refractivity contribution in [3.8, 4) is 34.5 Å². The van der Waals surface area contributed by atoms with Gasteiger partial charge in [-0.1, -0.05) is 36.4 Å². The molecule has 0 aliphatic carbocycles. The van der Waals surface area contributed by atoms with Crippen LogP contribution in [-0.4, -0.2) is 36.6 Å². The van der Waals surface area contributed by atoms with E-state index in [9.17, 15) is 0 Å². The van der Waals surface area contributed by atoms with Crippen LogP contribution in [0.1, 0.15) is 0 Å². The predicted molar refractivity (Wildman–Crippen MR) is 105 cm³/mol. The molecule has 0 amide bonds. The smallest absolute Gasteiger partial charge is 0.170 e. The summed E-state index contributed by atoms with van der Waals surface area (Å²) in [7, 11) is 0. The van der Waals surface area contributed by atoms with E-state index in [2.05, 4.69) is 0 Å². The molecule has 3 aromatic rings. The number of hydrogen-bond acceptors (Lipinski definition) is 6. The molecule has 0 fully saturated rings. The van der Waals surface area contributed by atoms with Gasteiger partial charge in [0.05, 0.1) is 13.2 Å². The van der Waals surface area contributed by atoms with E-state index < -0.39 is 0 Å². The third-order valence-corrected chi connectivity index (χ3v) is 3.69. The summed E-state index contributed by atoms with van der Waals surface area (Å²) in [4.78, 5) is 0. The molecule has 0 aliphatic rings. The fraction of sp³-hybridized carbons (Fsp3) is 0.182. The zero-order valence-corrected chi connectivity index (χ0v) is 15.3. The lowest BCUT2D eigenvalue weighted by atomic mass is 10.3. The Labute approximate surface area is 163 Å². The van der Waals surface area contributed by atoms with Crippen LogP contribution in [-0.2, 0) is 0 Å². The Hall–Kier alpha value is -3.22. The van der Waals surface area contributed by atoms with Gasteiger partial charge in [0, 0.05) is 0 Å². The number of aliphatic hydroxyl groups is 2. The summed E-state index contributed by atoms with van der Waals surface area (Å²) in [5, 5.41) is 18.0. The highest BCUT2D eigenvalue weighted by atomic mass is 16.6. The normalized spacial score (nSPS) is 10.4. The second kappa shape index (κ2) is 10.2. The van der Waals surface area contributed by atoms with Crippen molar-refractivity contribution in [2.45, 2.75) is 0 Å². The first-order chi connectivity index (χ1) is 13.8. The molecule has 0 radical (unpaired) electrons. The Bertz CT molecular complexity index is 808. The molecule has 6 heteroatoms. The zero-order valence-electron chi connectivity index (χ0n) is 15.3. The van der Waals surface area contributed by atoms with Gasteiger partial charge < -0.3 is 29.2 Å². The number of rotatable bonds is 10. The fourth-order valence-corrected chi connectivity index (χ4v) is 2.47. The average molecular weight is 382 g/mol. The number of hydrogen-bond donors (Lipinski definition) is 2.